The van der Waals surface area contributed by atoms with Crippen molar-refractivity contribution in [1.29, 1.82) is 0 Å². The minimum Gasteiger partial charge on any atom is -0.304 e. The summed E-state index contributed by atoms with van der Waals surface area (Å²) < 4.78 is 0. The molecule has 3 heteroatoms. The molecule has 2 heterocycles. The molecule has 2 aromatic heterocycles. The van der Waals surface area contributed by atoms with Crippen LogP contribution in [0.1, 0.15) is 0 Å². The predicted molar refractivity (Wildman–Crippen MR) is 46.3 cm³/mol. The van der Waals surface area contributed by atoms with E-state index >= 15 is 0 Å². The molecule has 0 nitrogen and oxygen atoms in total. The summed E-state index contributed by atoms with van der Waals surface area (Å²) in [6.45, 7) is 0. The van der Waals surface area contributed by atoms with Gasteiger partial charge in [0.1, 0.15) is 0 Å². The van der Waals surface area contributed by atoms with Crippen molar-refractivity contribution in [2.45, 2.75) is 0 Å². The summed E-state index contributed by atoms with van der Waals surface area (Å²) in [7, 11) is 0. The normalized spacial score (nSPS) is 7.27. The Morgan fingerprint density at radius 3 is 1.36 bits per heavy atom. The second kappa shape index (κ2) is 8.08. The van der Waals surface area contributed by atoms with Crippen LogP contribution in [0, 0.1) is 10.8 Å². The fourth-order valence-corrected chi connectivity index (χ4v) is 1.18. The van der Waals surface area contributed by atoms with Gasteiger partial charge in [-0.25, -0.2) is 12.1 Å². The summed E-state index contributed by atoms with van der Waals surface area (Å²) in [5, 5.41) is 9.78. The van der Waals surface area contributed by atoms with E-state index in [1.807, 2.05) is 35.0 Å². The molecule has 55 valence electrons. The van der Waals surface area contributed by atoms with Gasteiger partial charge in [0.15, 0.2) is 0 Å². The maximum Gasteiger partial charge on any atom is 2.00 e. The molecule has 11 heavy (non-hydrogen) atoms. The topological polar surface area (TPSA) is 0 Å². The second-order valence-corrected chi connectivity index (χ2v) is 2.95. The molecular weight excluding hydrogens is 211 g/mol. The van der Waals surface area contributed by atoms with Crippen molar-refractivity contribution in [1.82, 2.24) is 0 Å². The van der Waals surface area contributed by atoms with Gasteiger partial charge in [-0.2, -0.15) is 22.9 Å². The zero-order valence-corrected chi connectivity index (χ0v) is 8.76. The Morgan fingerprint density at radius 1 is 0.818 bits per heavy atom. The van der Waals surface area contributed by atoms with Gasteiger partial charge in [-0.1, -0.05) is 0 Å². The molecule has 0 atom stereocenters. The average Bonchev–Trinajstić information content (AvgIpc) is 2.67. The summed E-state index contributed by atoms with van der Waals surface area (Å²) in [5.41, 5.74) is 0. The van der Waals surface area contributed by atoms with Crippen molar-refractivity contribution in [2.24, 2.45) is 0 Å². The summed E-state index contributed by atoms with van der Waals surface area (Å²) >= 11 is 3.18. The summed E-state index contributed by atoms with van der Waals surface area (Å²) in [6, 6.07) is 7.71. The zero-order chi connectivity index (χ0) is 7.07. The predicted octanol–water partition coefficient (Wildman–Crippen LogP) is 3.09. The van der Waals surface area contributed by atoms with E-state index in [1.165, 1.54) is 0 Å². The van der Waals surface area contributed by atoms with E-state index in [0.717, 1.165) is 0 Å². The molecule has 0 unspecified atom stereocenters. The molecular formula is C8H6S2V. The molecule has 0 spiro atoms. The molecule has 0 aromatic carbocycles. The molecule has 0 aliphatic rings. The molecule has 2 rings (SSSR count). The molecule has 0 N–H and O–H groups in total. The summed E-state index contributed by atoms with van der Waals surface area (Å²) in [5.74, 6) is 0. The van der Waals surface area contributed by atoms with Crippen LogP contribution in [-0.4, -0.2) is 0 Å². The quantitative estimate of drug-likeness (QED) is 0.595. The smallest absolute Gasteiger partial charge is 0.304 e. The molecule has 0 fully saturated rings. The van der Waals surface area contributed by atoms with Crippen molar-refractivity contribution < 1.29 is 18.6 Å². The monoisotopic (exact) mass is 217 g/mol. The minimum absolute atomic E-state index is 0. The Kier molecular flexibility index (Phi) is 8.07. The van der Waals surface area contributed by atoms with Gasteiger partial charge < -0.3 is 22.7 Å². The Balaban J connectivity index is 0.000000167. The van der Waals surface area contributed by atoms with Crippen molar-refractivity contribution in [3.05, 3.63) is 45.8 Å². The first kappa shape index (κ1) is 11.0. The molecule has 0 aliphatic heterocycles. The molecule has 0 saturated carbocycles. The van der Waals surface area contributed by atoms with Crippen LogP contribution in [0.15, 0.2) is 35.0 Å². The number of hydrogen-bond donors (Lipinski definition) is 0. The van der Waals surface area contributed by atoms with Crippen molar-refractivity contribution in [3.63, 3.8) is 0 Å². The molecule has 0 saturated heterocycles. The maximum atomic E-state index is 2.90. The van der Waals surface area contributed by atoms with Gasteiger partial charge in [-0.3, -0.25) is 0 Å². The van der Waals surface area contributed by atoms with Crippen LogP contribution in [0.4, 0.5) is 0 Å². The molecule has 1 radical (unpaired) electrons. The van der Waals surface area contributed by atoms with E-state index in [0.29, 0.717) is 0 Å². The number of thiophene rings is 2. The van der Waals surface area contributed by atoms with Gasteiger partial charge in [0.2, 0.25) is 0 Å². The van der Waals surface area contributed by atoms with Gasteiger partial charge in [-0.15, -0.1) is 10.8 Å². The van der Waals surface area contributed by atoms with Crippen molar-refractivity contribution >= 4 is 22.7 Å². The number of hydrogen-bond acceptors (Lipinski definition) is 2. The van der Waals surface area contributed by atoms with Gasteiger partial charge in [0, 0.05) is 0 Å². The average molecular weight is 217 g/mol. The van der Waals surface area contributed by atoms with Crippen LogP contribution in [-0.2, 0) is 18.6 Å². The fourth-order valence-electron chi connectivity index (χ4n) is 0.393. The fraction of sp³-hybridized carbons (Fsp3) is 0. The van der Waals surface area contributed by atoms with Crippen LogP contribution in [0.25, 0.3) is 0 Å². The first-order valence-corrected chi connectivity index (χ1v) is 4.55. The SMILES string of the molecule is [V+2].[c-]1cccs1.[c-]1cccs1. The van der Waals surface area contributed by atoms with Crippen LogP contribution in [0.3, 0.4) is 0 Å². The molecule has 0 amide bonds. The van der Waals surface area contributed by atoms with Crippen LogP contribution in [0.2, 0.25) is 0 Å². The summed E-state index contributed by atoms with van der Waals surface area (Å²) in [6.07, 6.45) is 0. The van der Waals surface area contributed by atoms with E-state index in [2.05, 4.69) is 10.8 Å². The maximum absolute atomic E-state index is 2.90. The van der Waals surface area contributed by atoms with E-state index in [1.54, 1.807) is 22.7 Å². The minimum atomic E-state index is 0. The zero-order valence-electron chi connectivity index (χ0n) is 5.73. The molecule has 0 aliphatic carbocycles. The van der Waals surface area contributed by atoms with E-state index in [-0.39, 0.29) is 18.6 Å². The van der Waals surface area contributed by atoms with Gasteiger partial charge in [0.25, 0.3) is 0 Å². The van der Waals surface area contributed by atoms with Gasteiger partial charge in [0.05, 0.1) is 0 Å². The van der Waals surface area contributed by atoms with E-state index in [9.17, 15) is 0 Å². The standard InChI is InChI=1S/2C4H3S.V/c2*1-2-4-5-3-1;/h2*1-3H;/q2*-1;+2. The molecule has 0 bridgehead atoms. The summed E-state index contributed by atoms with van der Waals surface area (Å²) in [4.78, 5) is 0. The third-order valence-corrected chi connectivity index (χ3v) is 1.89. The van der Waals surface area contributed by atoms with Gasteiger partial charge in [-0.05, 0) is 0 Å². The van der Waals surface area contributed by atoms with E-state index < -0.39 is 0 Å². The van der Waals surface area contributed by atoms with Crippen LogP contribution < -0.4 is 0 Å². The first-order chi connectivity index (χ1) is 5.00. The third-order valence-electron chi connectivity index (χ3n) is 0.758. The van der Waals surface area contributed by atoms with Crippen molar-refractivity contribution in [3.8, 4) is 0 Å². The Labute approximate surface area is 86.8 Å². The van der Waals surface area contributed by atoms with Crippen molar-refractivity contribution in [2.75, 3.05) is 0 Å². The Hall–Kier alpha value is -0.0156. The molecule has 2 aromatic rings. The van der Waals surface area contributed by atoms with Gasteiger partial charge >= 0.3 is 18.6 Å². The number of rotatable bonds is 0. The Bertz CT molecular complexity index is 151. The largest absolute Gasteiger partial charge is 2.00 e. The Morgan fingerprint density at radius 2 is 1.27 bits per heavy atom. The third kappa shape index (κ3) is 6.39. The van der Waals surface area contributed by atoms with Crippen LogP contribution >= 0.6 is 22.7 Å². The first-order valence-electron chi connectivity index (χ1n) is 2.79. The van der Waals surface area contributed by atoms with E-state index in [4.69, 9.17) is 0 Å². The second-order valence-electron chi connectivity index (χ2n) is 1.46. The van der Waals surface area contributed by atoms with Crippen LogP contribution in [0.5, 0.6) is 0 Å².